The lowest BCUT2D eigenvalue weighted by molar-refractivity contribution is -0.147. The van der Waals surface area contributed by atoms with E-state index in [4.69, 9.17) is 15.9 Å². The van der Waals surface area contributed by atoms with Gasteiger partial charge < -0.3 is 15.9 Å². The molecular formula is C9H13NO4. The number of aliphatic carboxylic acids is 2. The molecule has 0 aliphatic heterocycles. The van der Waals surface area contributed by atoms with Crippen LogP contribution in [0.2, 0.25) is 0 Å². The third kappa shape index (κ3) is 0.987. The van der Waals surface area contributed by atoms with E-state index >= 15 is 0 Å². The van der Waals surface area contributed by atoms with Gasteiger partial charge in [0.25, 0.3) is 0 Å². The molecule has 0 amide bonds. The van der Waals surface area contributed by atoms with Crippen LogP contribution in [0.3, 0.4) is 0 Å². The van der Waals surface area contributed by atoms with Crippen LogP contribution in [0.5, 0.6) is 0 Å². The molecule has 5 heteroatoms. The van der Waals surface area contributed by atoms with Crippen molar-refractivity contribution in [3.8, 4) is 0 Å². The van der Waals surface area contributed by atoms with Crippen LogP contribution in [0.1, 0.15) is 19.3 Å². The SMILES string of the molecule is N[C@@]1(C(=O)O)CC2CCC1[C@H]2C(=O)O. The smallest absolute Gasteiger partial charge is 0.324 e. The van der Waals surface area contributed by atoms with Gasteiger partial charge in [-0.15, -0.1) is 0 Å². The van der Waals surface area contributed by atoms with Crippen molar-refractivity contribution in [3.63, 3.8) is 0 Å². The van der Waals surface area contributed by atoms with Gasteiger partial charge in [-0.05, 0) is 25.2 Å². The fraction of sp³-hybridized carbons (Fsp3) is 0.778. The highest BCUT2D eigenvalue weighted by molar-refractivity contribution is 5.83. The first kappa shape index (κ1) is 9.45. The number of carboxylic acids is 2. The number of hydrogen-bond donors (Lipinski definition) is 3. The Bertz CT molecular complexity index is 303. The van der Waals surface area contributed by atoms with Crippen LogP contribution in [0.15, 0.2) is 0 Å². The first-order valence-corrected chi connectivity index (χ1v) is 4.72. The molecule has 0 aromatic rings. The number of fused-ring (bicyclic) bond motifs is 2. The number of hydrogen-bond acceptors (Lipinski definition) is 3. The summed E-state index contributed by atoms with van der Waals surface area (Å²) in [6.07, 6.45) is 1.74. The minimum Gasteiger partial charge on any atom is -0.481 e. The van der Waals surface area contributed by atoms with Crippen molar-refractivity contribution < 1.29 is 19.8 Å². The van der Waals surface area contributed by atoms with Gasteiger partial charge in [0, 0.05) is 5.92 Å². The monoisotopic (exact) mass is 199 g/mol. The number of carbonyl (C=O) groups is 2. The maximum absolute atomic E-state index is 11.0. The minimum absolute atomic E-state index is 0.0430. The second-order valence-electron chi connectivity index (χ2n) is 4.36. The summed E-state index contributed by atoms with van der Waals surface area (Å²) in [5.41, 5.74) is 4.45. The Labute approximate surface area is 80.9 Å². The van der Waals surface area contributed by atoms with Gasteiger partial charge in [-0.3, -0.25) is 9.59 Å². The van der Waals surface area contributed by atoms with E-state index in [1.807, 2.05) is 0 Å². The molecule has 2 aliphatic rings. The standard InChI is InChI=1S/C9H13NO4/c10-9(8(13)14)3-4-1-2-5(9)6(4)7(11)12/h4-6H,1-3,10H2,(H,11,12)(H,13,14)/t4?,5?,6-,9-/m0/s1. The summed E-state index contributed by atoms with van der Waals surface area (Å²) in [6, 6.07) is 0. The molecule has 2 aliphatic carbocycles. The number of nitrogens with two attached hydrogens (primary N) is 1. The highest BCUT2D eigenvalue weighted by Crippen LogP contribution is 2.53. The Hall–Kier alpha value is -1.10. The lowest BCUT2D eigenvalue weighted by Crippen LogP contribution is -2.53. The first-order valence-electron chi connectivity index (χ1n) is 4.72. The summed E-state index contributed by atoms with van der Waals surface area (Å²) in [4.78, 5) is 21.9. The molecule has 5 nitrogen and oxygen atoms in total. The summed E-state index contributed by atoms with van der Waals surface area (Å²) < 4.78 is 0. The highest BCUT2D eigenvalue weighted by atomic mass is 16.4. The van der Waals surface area contributed by atoms with Crippen molar-refractivity contribution in [2.24, 2.45) is 23.5 Å². The molecule has 4 atom stereocenters. The van der Waals surface area contributed by atoms with Crippen molar-refractivity contribution >= 4 is 11.9 Å². The second-order valence-corrected chi connectivity index (χ2v) is 4.36. The third-order valence-electron chi connectivity index (χ3n) is 3.73. The van der Waals surface area contributed by atoms with Gasteiger partial charge >= 0.3 is 11.9 Å². The average molecular weight is 199 g/mol. The van der Waals surface area contributed by atoms with Crippen molar-refractivity contribution in [1.29, 1.82) is 0 Å². The lowest BCUT2D eigenvalue weighted by atomic mass is 9.81. The molecule has 0 aromatic carbocycles. The maximum atomic E-state index is 11.0. The van der Waals surface area contributed by atoms with E-state index in [0.29, 0.717) is 12.8 Å². The van der Waals surface area contributed by atoms with Gasteiger partial charge in [-0.2, -0.15) is 0 Å². The van der Waals surface area contributed by atoms with Gasteiger partial charge in [-0.1, -0.05) is 0 Å². The Morgan fingerprint density at radius 1 is 1.29 bits per heavy atom. The van der Waals surface area contributed by atoms with Gasteiger partial charge in [0.2, 0.25) is 0 Å². The molecule has 0 saturated heterocycles. The lowest BCUT2D eigenvalue weighted by Gasteiger charge is -2.29. The first-order chi connectivity index (χ1) is 6.47. The topological polar surface area (TPSA) is 101 Å². The molecule has 2 fully saturated rings. The van der Waals surface area contributed by atoms with Crippen LogP contribution >= 0.6 is 0 Å². The highest BCUT2D eigenvalue weighted by Gasteiger charge is 2.61. The molecule has 2 rings (SSSR count). The molecule has 2 bridgehead atoms. The third-order valence-corrected chi connectivity index (χ3v) is 3.73. The van der Waals surface area contributed by atoms with E-state index in [2.05, 4.69) is 0 Å². The summed E-state index contributed by atoms with van der Waals surface area (Å²) in [6.45, 7) is 0. The number of rotatable bonds is 2. The number of carboxylic acid groups (broad SMARTS) is 2. The molecule has 0 heterocycles. The zero-order chi connectivity index (χ0) is 10.5. The van der Waals surface area contributed by atoms with E-state index in [1.54, 1.807) is 0 Å². The molecule has 14 heavy (non-hydrogen) atoms. The largest absolute Gasteiger partial charge is 0.481 e. The normalized spacial score (nSPS) is 45.4. The molecule has 0 spiro atoms. The zero-order valence-electron chi connectivity index (χ0n) is 7.64. The van der Waals surface area contributed by atoms with Crippen LogP contribution in [0.4, 0.5) is 0 Å². The Kier molecular flexibility index (Phi) is 1.82. The van der Waals surface area contributed by atoms with Crippen LogP contribution < -0.4 is 5.73 Å². The van der Waals surface area contributed by atoms with Crippen molar-refractivity contribution in [1.82, 2.24) is 0 Å². The molecule has 4 N–H and O–H groups in total. The van der Waals surface area contributed by atoms with E-state index in [0.717, 1.165) is 6.42 Å². The van der Waals surface area contributed by atoms with E-state index in [1.165, 1.54) is 0 Å². The molecule has 0 aromatic heterocycles. The quantitative estimate of drug-likeness (QED) is 0.576. The molecule has 0 radical (unpaired) electrons. The van der Waals surface area contributed by atoms with Crippen molar-refractivity contribution in [2.45, 2.75) is 24.8 Å². The van der Waals surface area contributed by atoms with Crippen LogP contribution in [-0.2, 0) is 9.59 Å². The summed E-state index contributed by atoms with van der Waals surface area (Å²) in [7, 11) is 0. The molecule has 78 valence electrons. The van der Waals surface area contributed by atoms with Crippen LogP contribution in [-0.4, -0.2) is 27.7 Å². The Morgan fingerprint density at radius 2 is 1.93 bits per heavy atom. The fourth-order valence-corrected chi connectivity index (χ4v) is 3.09. The summed E-state index contributed by atoms with van der Waals surface area (Å²) in [5, 5.41) is 17.9. The predicted octanol–water partition coefficient (Wildman–Crippen LogP) is -0.101. The summed E-state index contributed by atoms with van der Waals surface area (Å²) in [5.74, 6) is -2.93. The average Bonchev–Trinajstić information content (AvgIpc) is 2.58. The fourth-order valence-electron chi connectivity index (χ4n) is 3.09. The van der Waals surface area contributed by atoms with Crippen molar-refractivity contribution in [3.05, 3.63) is 0 Å². The van der Waals surface area contributed by atoms with Gasteiger partial charge in [0.15, 0.2) is 0 Å². The Morgan fingerprint density at radius 3 is 2.29 bits per heavy atom. The van der Waals surface area contributed by atoms with E-state index < -0.39 is 23.4 Å². The van der Waals surface area contributed by atoms with Gasteiger partial charge in [0.1, 0.15) is 5.54 Å². The second kappa shape index (κ2) is 2.70. The minimum atomic E-state index is -1.30. The van der Waals surface area contributed by atoms with Crippen LogP contribution in [0, 0.1) is 17.8 Å². The zero-order valence-corrected chi connectivity index (χ0v) is 7.64. The van der Waals surface area contributed by atoms with E-state index in [-0.39, 0.29) is 11.8 Å². The Balaban J connectivity index is 2.31. The van der Waals surface area contributed by atoms with Crippen molar-refractivity contribution in [2.75, 3.05) is 0 Å². The molecule has 2 saturated carbocycles. The molecular weight excluding hydrogens is 186 g/mol. The summed E-state index contributed by atoms with van der Waals surface area (Å²) >= 11 is 0. The van der Waals surface area contributed by atoms with E-state index in [9.17, 15) is 9.59 Å². The maximum Gasteiger partial charge on any atom is 0.324 e. The molecule has 2 unspecified atom stereocenters. The van der Waals surface area contributed by atoms with Gasteiger partial charge in [-0.25, -0.2) is 0 Å². The van der Waals surface area contributed by atoms with Crippen LogP contribution in [0.25, 0.3) is 0 Å². The predicted molar refractivity (Wildman–Crippen MR) is 46.5 cm³/mol. The van der Waals surface area contributed by atoms with Gasteiger partial charge in [0.05, 0.1) is 5.92 Å².